The van der Waals surface area contributed by atoms with Crippen molar-refractivity contribution >= 4 is 5.78 Å². The van der Waals surface area contributed by atoms with Crippen molar-refractivity contribution in [1.29, 1.82) is 0 Å². The van der Waals surface area contributed by atoms with E-state index in [1.807, 2.05) is 18.2 Å². The molecule has 2 aliphatic carbocycles. The van der Waals surface area contributed by atoms with Crippen LogP contribution >= 0.6 is 0 Å². The van der Waals surface area contributed by atoms with Gasteiger partial charge in [0, 0.05) is 29.3 Å². The molecule has 2 N–H and O–H groups in total. The van der Waals surface area contributed by atoms with E-state index in [-0.39, 0.29) is 17.3 Å². The van der Waals surface area contributed by atoms with E-state index in [4.69, 9.17) is 9.47 Å². The summed E-state index contributed by atoms with van der Waals surface area (Å²) in [6.07, 6.45) is 6.85. The molecule has 0 spiro atoms. The van der Waals surface area contributed by atoms with Crippen LogP contribution in [0.2, 0.25) is 0 Å². The van der Waals surface area contributed by atoms with Gasteiger partial charge in [-0.15, -0.1) is 0 Å². The number of H-pyrrole nitrogens is 1. The van der Waals surface area contributed by atoms with Crippen molar-refractivity contribution in [1.82, 2.24) is 10.3 Å². The number of rotatable bonds is 8. The molecular formula is C24H30N2O4. The van der Waals surface area contributed by atoms with Gasteiger partial charge in [0.1, 0.15) is 0 Å². The second kappa shape index (κ2) is 9.04. The quantitative estimate of drug-likeness (QED) is 0.650. The number of ether oxygens (including phenoxy) is 2. The molecule has 2 atom stereocenters. The van der Waals surface area contributed by atoms with Crippen molar-refractivity contribution < 1.29 is 14.3 Å². The molecule has 0 saturated heterocycles. The normalized spacial score (nSPS) is 20.0. The molecule has 30 heavy (non-hydrogen) atoms. The summed E-state index contributed by atoms with van der Waals surface area (Å²) in [6.45, 7) is 0.915. The first kappa shape index (κ1) is 20.7. The van der Waals surface area contributed by atoms with Crippen LogP contribution in [-0.2, 0) is 12.8 Å². The number of pyridine rings is 1. The molecule has 0 aliphatic heterocycles. The van der Waals surface area contributed by atoms with Gasteiger partial charge in [0.25, 0.3) is 0 Å². The number of methoxy groups -OCH3 is 2. The smallest absolute Gasteiger partial charge is 0.248 e. The van der Waals surface area contributed by atoms with Gasteiger partial charge in [0.2, 0.25) is 5.56 Å². The third-order valence-electron chi connectivity index (χ3n) is 6.41. The van der Waals surface area contributed by atoms with Crippen LogP contribution in [0.1, 0.15) is 65.3 Å². The second-order valence-electron chi connectivity index (χ2n) is 8.28. The minimum atomic E-state index is -0.0214. The number of unbranched alkanes of at least 4 members (excludes halogenated alkanes) is 1. The van der Waals surface area contributed by atoms with Gasteiger partial charge >= 0.3 is 0 Å². The Morgan fingerprint density at radius 3 is 2.70 bits per heavy atom. The minimum absolute atomic E-state index is 0.0214. The fraction of sp³-hybridized carbons (Fsp3) is 0.500. The van der Waals surface area contributed by atoms with E-state index >= 15 is 0 Å². The van der Waals surface area contributed by atoms with Crippen molar-refractivity contribution in [3.05, 3.63) is 57.0 Å². The fourth-order valence-electron chi connectivity index (χ4n) is 4.83. The molecule has 2 aromatic rings. The monoisotopic (exact) mass is 410 g/mol. The van der Waals surface area contributed by atoms with E-state index < -0.39 is 0 Å². The van der Waals surface area contributed by atoms with Gasteiger partial charge in [0.05, 0.1) is 14.2 Å². The highest BCUT2D eigenvalue weighted by atomic mass is 16.5. The zero-order chi connectivity index (χ0) is 21.1. The summed E-state index contributed by atoms with van der Waals surface area (Å²) >= 11 is 0. The number of aromatic nitrogens is 1. The van der Waals surface area contributed by atoms with Gasteiger partial charge in [-0.2, -0.15) is 0 Å². The summed E-state index contributed by atoms with van der Waals surface area (Å²) < 4.78 is 10.7. The van der Waals surface area contributed by atoms with E-state index in [0.717, 1.165) is 68.3 Å². The zero-order valence-corrected chi connectivity index (χ0v) is 17.8. The van der Waals surface area contributed by atoms with Crippen molar-refractivity contribution in [2.24, 2.45) is 5.92 Å². The molecule has 160 valence electrons. The second-order valence-corrected chi connectivity index (χ2v) is 8.28. The third kappa shape index (κ3) is 4.15. The van der Waals surface area contributed by atoms with Crippen LogP contribution in [-0.4, -0.2) is 31.5 Å². The van der Waals surface area contributed by atoms with Crippen molar-refractivity contribution in [2.45, 2.75) is 51.0 Å². The lowest BCUT2D eigenvalue weighted by molar-refractivity contribution is 0.0929. The Bertz CT molecular complexity index is 982. The van der Waals surface area contributed by atoms with Crippen LogP contribution in [0.25, 0.3) is 0 Å². The average Bonchev–Trinajstić information content (AvgIpc) is 3.06. The number of aromatic amines is 1. The highest BCUT2D eigenvalue weighted by Crippen LogP contribution is 2.38. The Hall–Kier alpha value is -2.60. The molecule has 0 amide bonds. The van der Waals surface area contributed by atoms with Crippen LogP contribution in [0.4, 0.5) is 0 Å². The molecule has 6 nitrogen and oxygen atoms in total. The van der Waals surface area contributed by atoms with Gasteiger partial charge in [-0.05, 0) is 68.3 Å². The Morgan fingerprint density at radius 2 is 1.90 bits per heavy atom. The lowest BCUT2D eigenvalue weighted by Crippen LogP contribution is -2.28. The summed E-state index contributed by atoms with van der Waals surface area (Å²) in [7, 11) is 3.21. The number of carbonyl (C=O) groups excluding carboxylic acids is 1. The standard InChI is InChI=1S/C24H30N2O4/c1-29-21-13-16-12-15(24(28)18(16)14-22(21)30-2)6-3-4-11-25-19-7-5-8-20-17(19)9-10-23(27)26-20/h9-10,13-15,19,25H,3-8,11-12H2,1-2H3,(H,26,27)/t15-,19+/m1/s1. The molecule has 1 aromatic heterocycles. The van der Waals surface area contributed by atoms with Gasteiger partial charge < -0.3 is 19.8 Å². The summed E-state index contributed by atoms with van der Waals surface area (Å²) in [5.41, 5.74) is 4.13. The first-order valence-electron chi connectivity index (χ1n) is 10.8. The molecule has 6 heteroatoms. The maximum absolute atomic E-state index is 12.8. The summed E-state index contributed by atoms with van der Waals surface area (Å²) in [4.78, 5) is 27.3. The molecule has 0 saturated carbocycles. The number of fused-ring (bicyclic) bond motifs is 2. The van der Waals surface area contributed by atoms with E-state index in [1.54, 1.807) is 20.3 Å². The summed E-state index contributed by atoms with van der Waals surface area (Å²) in [5, 5.41) is 3.64. The van der Waals surface area contributed by atoms with Crippen LogP contribution in [0.5, 0.6) is 11.5 Å². The summed E-state index contributed by atoms with van der Waals surface area (Å²) in [6, 6.07) is 7.65. The Labute approximate surface area is 177 Å². The Balaban J connectivity index is 1.27. The lowest BCUT2D eigenvalue weighted by atomic mass is 9.91. The van der Waals surface area contributed by atoms with Crippen molar-refractivity contribution in [2.75, 3.05) is 20.8 Å². The molecule has 0 bridgehead atoms. The number of benzene rings is 1. The topological polar surface area (TPSA) is 80.4 Å². The van der Waals surface area contributed by atoms with Crippen molar-refractivity contribution in [3.8, 4) is 11.5 Å². The highest BCUT2D eigenvalue weighted by Gasteiger charge is 2.31. The molecule has 1 aromatic carbocycles. The predicted octanol–water partition coefficient (Wildman–Crippen LogP) is 3.58. The molecule has 2 aliphatic rings. The van der Waals surface area contributed by atoms with Crippen molar-refractivity contribution in [3.63, 3.8) is 0 Å². The molecular weight excluding hydrogens is 380 g/mol. The van der Waals surface area contributed by atoms with Crippen LogP contribution in [0.3, 0.4) is 0 Å². The molecule has 1 heterocycles. The Morgan fingerprint density at radius 1 is 1.10 bits per heavy atom. The first-order chi connectivity index (χ1) is 14.6. The number of ketones is 1. The largest absolute Gasteiger partial charge is 0.493 e. The van der Waals surface area contributed by atoms with E-state index in [1.165, 1.54) is 5.56 Å². The van der Waals surface area contributed by atoms with Gasteiger partial charge in [-0.25, -0.2) is 0 Å². The number of Topliss-reactive ketones (excluding diaryl/α,β-unsaturated/α-hetero) is 1. The Kier molecular flexibility index (Phi) is 6.23. The van der Waals surface area contributed by atoms with E-state index in [0.29, 0.717) is 17.5 Å². The maximum atomic E-state index is 12.8. The van der Waals surface area contributed by atoms with Gasteiger partial charge in [0.15, 0.2) is 17.3 Å². The SMILES string of the molecule is COc1cc2c(cc1OC)C(=O)[C@H](CCCCN[C@H]1CCCc3[nH]c(=O)ccc31)C2. The third-order valence-corrected chi connectivity index (χ3v) is 6.41. The van der Waals surface area contributed by atoms with Crippen LogP contribution in [0, 0.1) is 5.92 Å². The van der Waals surface area contributed by atoms with E-state index in [9.17, 15) is 9.59 Å². The first-order valence-corrected chi connectivity index (χ1v) is 10.8. The van der Waals surface area contributed by atoms with E-state index in [2.05, 4.69) is 10.3 Å². The average molecular weight is 411 g/mol. The fourth-order valence-corrected chi connectivity index (χ4v) is 4.83. The number of aryl methyl sites for hydroxylation is 1. The number of carbonyl (C=O) groups is 1. The van der Waals surface area contributed by atoms with Gasteiger partial charge in [-0.1, -0.05) is 12.5 Å². The lowest BCUT2D eigenvalue weighted by Gasteiger charge is -2.26. The molecule has 0 fully saturated rings. The predicted molar refractivity (Wildman–Crippen MR) is 116 cm³/mol. The number of hydrogen-bond acceptors (Lipinski definition) is 5. The number of hydrogen-bond donors (Lipinski definition) is 2. The van der Waals surface area contributed by atoms with Crippen LogP contribution in [0.15, 0.2) is 29.1 Å². The maximum Gasteiger partial charge on any atom is 0.248 e. The summed E-state index contributed by atoms with van der Waals surface area (Å²) in [5.74, 6) is 1.58. The highest BCUT2D eigenvalue weighted by molar-refractivity contribution is 6.02. The minimum Gasteiger partial charge on any atom is -0.493 e. The van der Waals surface area contributed by atoms with Crippen LogP contribution < -0.4 is 20.3 Å². The molecule has 4 rings (SSSR count). The zero-order valence-electron chi connectivity index (χ0n) is 17.8. The number of nitrogens with one attached hydrogen (secondary N) is 2. The van der Waals surface area contributed by atoms with Gasteiger partial charge in [-0.3, -0.25) is 9.59 Å². The molecule has 0 unspecified atom stereocenters. The molecule has 0 radical (unpaired) electrons.